The Kier molecular flexibility index (Phi) is 4.58. The van der Waals surface area contributed by atoms with E-state index in [0.29, 0.717) is 5.56 Å². The zero-order chi connectivity index (χ0) is 20.8. The van der Waals surface area contributed by atoms with Gasteiger partial charge in [-0.15, -0.1) is 0 Å². The van der Waals surface area contributed by atoms with Crippen LogP contribution >= 0.6 is 0 Å². The number of hydrogen-bond acceptors (Lipinski definition) is 3. The minimum Gasteiger partial charge on any atom is -0.508 e. The van der Waals surface area contributed by atoms with Crippen LogP contribution in [0.3, 0.4) is 0 Å². The number of fused-ring (bicyclic) bond motifs is 1. The lowest BCUT2D eigenvalue weighted by Crippen LogP contribution is -2.38. The Bertz CT molecular complexity index is 1050. The zero-order valence-corrected chi connectivity index (χ0v) is 17.3. The van der Waals surface area contributed by atoms with E-state index in [1.54, 1.807) is 12.1 Å². The molecule has 0 spiro atoms. The first-order valence-corrected chi connectivity index (χ1v) is 9.80. The maximum Gasteiger partial charge on any atom is 0.258 e. The summed E-state index contributed by atoms with van der Waals surface area (Å²) < 4.78 is 0. The molecular weight excluding hydrogens is 360 g/mol. The summed E-state index contributed by atoms with van der Waals surface area (Å²) in [6, 6.07) is 22.7. The van der Waals surface area contributed by atoms with Crippen LogP contribution in [0.2, 0.25) is 0 Å². The van der Waals surface area contributed by atoms with Crippen LogP contribution in [-0.2, 0) is 5.41 Å². The molecule has 0 fully saturated rings. The van der Waals surface area contributed by atoms with Gasteiger partial charge < -0.3 is 10.0 Å². The lowest BCUT2D eigenvalue weighted by Gasteiger charge is -2.34. The topological polar surface area (TPSA) is 43.8 Å². The third-order valence-corrected chi connectivity index (χ3v) is 5.88. The van der Waals surface area contributed by atoms with Crippen molar-refractivity contribution in [3.05, 3.63) is 89.5 Å². The first kappa shape index (κ1) is 19.1. The van der Waals surface area contributed by atoms with Gasteiger partial charge in [-0.25, -0.2) is 0 Å². The van der Waals surface area contributed by atoms with Gasteiger partial charge >= 0.3 is 0 Å². The Balaban J connectivity index is 1.86. The lowest BCUT2D eigenvalue weighted by atomic mass is 9.77. The lowest BCUT2D eigenvalue weighted by molar-refractivity contribution is 0.0971. The second kappa shape index (κ2) is 6.96. The van der Waals surface area contributed by atoms with Crippen molar-refractivity contribution in [1.29, 1.82) is 0 Å². The van der Waals surface area contributed by atoms with Gasteiger partial charge in [0.05, 0.1) is 6.04 Å². The Morgan fingerprint density at radius 1 is 0.931 bits per heavy atom. The highest BCUT2D eigenvalue weighted by Gasteiger charge is 2.48. The molecule has 0 aliphatic carbocycles. The predicted molar refractivity (Wildman–Crippen MR) is 118 cm³/mol. The van der Waals surface area contributed by atoms with E-state index in [2.05, 4.69) is 19.9 Å². The van der Waals surface area contributed by atoms with Gasteiger partial charge in [0.15, 0.2) is 0 Å². The summed E-state index contributed by atoms with van der Waals surface area (Å²) >= 11 is 0. The summed E-state index contributed by atoms with van der Waals surface area (Å²) in [4.78, 5) is 17.6. The number of carbonyl (C=O) groups is 1. The number of hydrogen-bond donors (Lipinski definition) is 1. The fourth-order valence-electron chi connectivity index (χ4n) is 4.35. The second-order valence-corrected chi connectivity index (χ2v) is 8.32. The Morgan fingerprint density at radius 3 is 2.21 bits per heavy atom. The average molecular weight is 386 g/mol. The molecule has 1 amide bonds. The fourth-order valence-corrected chi connectivity index (χ4v) is 4.35. The van der Waals surface area contributed by atoms with Crippen molar-refractivity contribution in [3.63, 3.8) is 0 Å². The first-order valence-electron chi connectivity index (χ1n) is 9.80. The highest BCUT2D eigenvalue weighted by molar-refractivity contribution is 6.08. The summed E-state index contributed by atoms with van der Waals surface area (Å²) in [5.74, 6) is 0.140. The number of phenols is 1. The number of phenolic OH excluding ortho intramolecular Hbond substituents is 1. The maximum absolute atomic E-state index is 13.7. The quantitative estimate of drug-likeness (QED) is 0.678. The molecule has 0 aromatic heterocycles. The average Bonchev–Trinajstić information content (AvgIpc) is 2.95. The van der Waals surface area contributed by atoms with Gasteiger partial charge in [-0.3, -0.25) is 9.69 Å². The van der Waals surface area contributed by atoms with Crippen LogP contribution in [0, 0.1) is 0 Å². The van der Waals surface area contributed by atoms with E-state index in [-0.39, 0.29) is 23.1 Å². The monoisotopic (exact) mass is 386 g/mol. The number of amides is 1. The molecule has 29 heavy (non-hydrogen) atoms. The molecule has 1 N–H and O–H groups in total. The van der Waals surface area contributed by atoms with Crippen molar-refractivity contribution >= 4 is 17.3 Å². The highest BCUT2D eigenvalue weighted by atomic mass is 16.3. The number of aromatic hydroxyl groups is 1. The molecule has 0 bridgehead atoms. The van der Waals surface area contributed by atoms with Gasteiger partial charge in [0.25, 0.3) is 5.91 Å². The minimum atomic E-state index is -0.353. The van der Waals surface area contributed by atoms with E-state index in [0.717, 1.165) is 22.5 Å². The standard InChI is InChI=1S/C25H26N2O2/c1-25(2)20-10-6-7-11-21(20)27(23(25)19-9-5-8-12-22(19)28)24(29)17-13-15-18(16-14-17)26(3)4/h5-16,23,28H,1-4H3/t23-/m1/s1. The molecule has 1 heterocycles. The third kappa shape index (κ3) is 3.05. The molecule has 0 saturated heterocycles. The van der Waals surface area contributed by atoms with E-state index < -0.39 is 0 Å². The van der Waals surface area contributed by atoms with Crippen molar-refractivity contribution in [2.75, 3.05) is 23.9 Å². The molecule has 1 aliphatic heterocycles. The summed E-state index contributed by atoms with van der Waals surface area (Å²) in [5, 5.41) is 10.6. The van der Waals surface area contributed by atoms with Crippen molar-refractivity contribution in [2.45, 2.75) is 25.3 Å². The van der Waals surface area contributed by atoms with Gasteiger partial charge in [0.1, 0.15) is 5.75 Å². The van der Waals surface area contributed by atoms with Crippen LogP contribution in [0.15, 0.2) is 72.8 Å². The van der Waals surface area contributed by atoms with Crippen molar-refractivity contribution < 1.29 is 9.90 Å². The zero-order valence-electron chi connectivity index (χ0n) is 17.3. The van der Waals surface area contributed by atoms with Gasteiger partial charge in [0.2, 0.25) is 0 Å². The Hall–Kier alpha value is -3.27. The van der Waals surface area contributed by atoms with Crippen LogP contribution in [0.25, 0.3) is 0 Å². The highest BCUT2D eigenvalue weighted by Crippen LogP contribution is 2.54. The SMILES string of the molecule is CN(C)c1ccc(C(=O)N2c3ccccc3C(C)(C)[C@H]2c2ccccc2O)cc1. The van der Waals surface area contributed by atoms with Crippen LogP contribution in [0.5, 0.6) is 5.75 Å². The molecule has 4 rings (SSSR count). The van der Waals surface area contributed by atoms with E-state index in [4.69, 9.17) is 0 Å². The van der Waals surface area contributed by atoms with Crippen molar-refractivity contribution in [2.24, 2.45) is 0 Å². The number of anilines is 2. The van der Waals surface area contributed by atoms with Crippen LogP contribution < -0.4 is 9.80 Å². The predicted octanol–water partition coefficient (Wildman–Crippen LogP) is 5.14. The maximum atomic E-state index is 13.7. The van der Waals surface area contributed by atoms with E-state index in [1.165, 1.54) is 0 Å². The molecule has 0 unspecified atom stereocenters. The Labute approximate surface area is 172 Å². The fraction of sp³-hybridized carbons (Fsp3) is 0.240. The van der Waals surface area contributed by atoms with Crippen molar-refractivity contribution in [3.8, 4) is 5.75 Å². The first-order chi connectivity index (χ1) is 13.8. The molecule has 0 saturated carbocycles. The molecule has 0 radical (unpaired) electrons. The Morgan fingerprint density at radius 2 is 1.55 bits per heavy atom. The van der Waals surface area contributed by atoms with E-state index in [9.17, 15) is 9.90 Å². The van der Waals surface area contributed by atoms with Crippen LogP contribution in [0.1, 0.15) is 41.4 Å². The molecule has 1 atom stereocenters. The second-order valence-electron chi connectivity index (χ2n) is 8.32. The minimum absolute atomic E-state index is 0.0680. The summed E-state index contributed by atoms with van der Waals surface area (Å²) in [5.41, 5.74) is 4.07. The molecule has 1 aliphatic rings. The van der Waals surface area contributed by atoms with Crippen LogP contribution in [0.4, 0.5) is 11.4 Å². The molecule has 3 aromatic rings. The van der Waals surface area contributed by atoms with E-state index in [1.807, 2.05) is 78.5 Å². The number of nitrogens with zero attached hydrogens (tertiary/aromatic N) is 2. The van der Waals surface area contributed by atoms with Gasteiger partial charge in [0, 0.05) is 42.0 Å². The number of para-hydroxylation sites is 2. The van der Waals surface area contributed by atoms with Gasteiger partial charge in [-0.1, -0.05) is 50.2 Å². The summed E-state index contributed by atoms with van der Waals surface area (Å²) in [7, 11) is 3.95. The molecule has 148 valence electrons. The van der Waals surface area contributed by atoms with Crippen molar-refractivity contribution in [1.82, 2.24) is 0 Å². The number of carbonyl (C=O) groups excluding carboxylic acids is 1. The molecule has 3 aromatic carbocycles. The smallest absolute Gasteiger partial charge is 0.258 e. The van der Waals surface area contributed by atoms with E-state index >= 15 is 0 Å². The third-order valence-electron chi connectivity index (χ3n) is 5.88. The largest absolute Gasteiger partial charge is 0.508 e. The van der Waals surface area contributed by atoms with Gasteiger partial charge in [-0.2, -0.15) is 0 Å². The molecule has 4 heteroatoms. The summed E-state index contributed by atoms with van der Waals surface area (Å²) in [6.07, 6.45) is 0. The van der Waals surface area contributed by atoms with Gasteiger partial charge in [-0.05, 0) is 42.0 Å². The molecular formula is C25H26N2O2. The summed E-state index contributed by atoms with van der Waals surface area (Å²) in [6.45, 7) is 4.26. The number of rotatable bonds is 3. The molecule has 4 nitrogen and oxygen atoms in total. The number of benzene rings is 3. The van der Waals surface area contributed by atoms with Crippen LogP contribution in [-0.4, -0.2) is 25.1 Å². The normalized spacial score (nSPS) is 17.1.